The topological polar surface area (TPSA) is 124 Å². The summed E-state index contributed by atoms with van der Waals surface area (Å²) in [6.45, 7) is 0.401. The largest absolute Gasteiger partial charge is 0.496 e. The molecule has 0 aliphatic carbocycles. The van der Waals surface area contributed by atoms with E-state index in [1.54, 1.807) is 18.2 Å². The van der Waals surface area contributed by atoms with Crippen molar-refractivity contribution in [3.63, 3.8) is 0 Å². The zero-order valence-corrected chi connectivity index (χ0v) is 21.0. The van der Waals surface area contributed by atoms with E-state index in [9.17, 15) is 13.2 Å². The molecular formula is C26H24N4O6S. The summed E-state index contributed by atoms with van der Waals surface area (Å²) in [5.74, 6) is 0.505. The van der Waals surface area contributed by atoms with Crippen molar-refractivity contribution in [1.29, 1.82) is 0 Å². The van der Waals surface area contributed by atoms with Gasteiger partial charge in [-0.1, -0.05) is 29.4 Å². The molecule has 1 aliphatic heterocycles. The summed E-state index contributed by atoms with van der Waals surface area (Å²) in [6, 6.07) is 18.3. The van der Waals surface area contributed by atoms with Crippen molar-refractivity contribution in [1.82, 2.24) is 10.2 Å². The van der Waals surface area contributed by atoms with Crippen molar-refractivity contribution < 1.29 is 27.1 Å². The van der Waals surface area contributed by atoms with Gasteiger partial charge >= 0.3 is 6.01 Å². The number of nitrogens with one attached hydrogen (secondary N) is 1. The summed E-state index contributed by atoms with van der Waals surface area (Å²) in [7, 11) is -0.770. The highest BCUT2D eigenvalue weighted by Crippen LogP contribution is 2.38. The number of amides is 1. The lowest BCUT2D eigenvalue weighted by atomic mass is 10.0. The van der Waals surface area contributed by atoms with E-state index >= 15 is 0 Å². The Labute approximate surface area is 213 Å². The average Bonchev–Trinajstić information content (AvgIpc) is 3.40. The fourth-order valence-electron chi connectivity index (χ4n) is 4.26. The van der Waals surface area contributed by atoms with Crippen LogP contribution in [0.3, 0.4) is 0 Å². The van der Waals surface area contributed by atoms with Crippen molar-refractivity contribution >= 4 is 27.6 Å². The molecule has 1 amide bonds. The minimum absolute atomic E-state index is 0.101. The van der Waals surface area contributed by atoms with Crippen LogP contribution in [0.4, 0.5) is 11.7 Å². The number of para-hydroxylation sites is 1. The predicted octanol–water partition coefficient (Wildman–Crippen LogP) is 4.15. The molecule has 0 bridgehead atoms. The number of ether oxygens (including phenoxy) is 2. The standard InChI is InChI=1S/C26H24N4O6S/c1-34-21-10-5-11-22(35-2)23(21)25-28-29-26(36-25)27-24(31)18-12-14-19(15-13-18)37(32,33)30-16-6-8-17-7-3-4-9-20(17)30/h3-5,7,9-15H,6,8,16H2,1-2H3,(H,27,29,31). The highest BCUT2D eigenvalue weighted by Gasteiger charge is 2.29. The summed E-state index contributed by atoms with van der Waals surface area (Å²) in [6.07, 6.45) is 1.58. The Morgan fingerprint density at radius 1 is 0.946 bits per heavy atom. The zero-order chi connectivity index (χ0) is 26.0. The molecule has 1 aliphatic rings. The summed E-state index contributed by atoms with van der Waals surface area (Å²) in [4.78, 5) is 12.9. The first kappa shape index (κ1) is 24.3. The van der Waals surface area contributed by atoms with Crippen molar-refractivity contribution in [3.8, 4) is 23.0 Å². The number of anilines is 2. The van der Waals surface area contributed by atoms with Crippen LogP contribution in [0.5, 0.6) is 11.5 Å². The number of methoxy groups -OCH3 is 2. The first-order valence-electron chi connectivity index (χ1n) is 11.5. The Bertz CT molecular complexity index is 1530. The molecule has 10 nitrogen and oxygen atoms in total. The van der Waals surface area contributed by atoms with Crippen LogP contribution < -0.4 is 19.1 Å². The molecule has 11 heteroatoms. The van der Waals surface area contributed by atoms with Gasteiger partial charge in [-0.2, -0.15) is 0 Å². The molecule has 2 heterocycles. The predicted molar refractivity (Wildman–Crippen MR) is 137 cm³/mol. The molecule has 0 atom stereocenters. The molecule has 37 heavy (non-hydrogen) atoms. The molecule has 3 aromatic carbocycles. The van der Waals surface area contributed by atoms with Crippen LogP contribution in [0.15, 0.2) is 76.0 Å². The number of aryl methyl sites for hydroxylation is 1. The lowest BCUT2D eigenvalue weighted by Gasteiger charge is -2.30. The molecule has 0 radical (unpaired) electrons. The van der Waals surface area contributed by atoms with Gasteiger partial charge in [-0.05, 0) is 60.9 Å². The van der Waals surface area contributed by atoms with E-state index in [2.05, 4.69) is 15.5 Å². The molecule has 0 spiro atoms. The molecule has 0 unspecified atom stereocenters. The van der Waals surface area contributed by atoms with Crippen LogP contribution >= 0.6 is 0 Å². The van der Waals surface area contributed by atoms with E-state index in [1.165, 1.54) is 42.8 Å². The molecule has 1 N–H and O–H groups in total. The fourth-order valence-corrected chi connectivity index (χ4v) is 5.80. The minimum Gasteiger partial charge on any atom is -0.496 e. The lowest BCUT2D eigenvalue weighted by molar-refractivity contribution is 0.102. The molecule has 0 fully saturated rings. The molecule has 5 rings (SSSR count). The van der Waals surface area contributed by atoms with E-state index in [0.29, 0.717) is 29.3 Å². The van der Waals surface area contributed by atoms with E-state index in [0.717, 1.165) is 18.4 Å². The van der Waals surface area contributed by atoms with Crippen LogP contribution in [-0.2, 0) is 16.4 Å². The van der Waals surface area contributed by atoms with Crippen molar-refractivity contribution in [2.45, 2.75) is 17.7 Å². The SMILES string of the molecule is COc1cccc(OC)c1-c1nnc(NC(=O)c2ccc(S(=O)(=O)N3CCCc4ccccc43)cc2)o1. The Morgan fingerprint density at radius 3 is 2.35 bits per heavy atom. The number of carbonyl (C=O) groups excluding carboxylic acids is 1. The number of hydrogen-bond donors (Lipinski definition) is 1. The first-order chi connectivity index (χ1) is 17.9. The highest BCUT2D eigenvalue weighted by atomic mass is 32.2. The summed E-state index contributed by atoms with van der Waals surface area (Å²) < 4.78 is 44.4. The third-order valence-electron chi connectivity index (χ3n) is 6.06. The highest BCUT2D eigenvalue weighted by molar-refractivity contribution is 7.92. The Balaban J connectivity index is 1.34. The van der Waals surface area contributed by atoms with Crippen LogP contribution in [-0.4, -0.2) is 45.3 Å². The zero-order valence-electron chi connectivity index (χ0n) is 20.2. The second-order valence-electron chi connectivity index (χ2n) is 8.24. The molecular weight excluding hydrogens is 496 g/mol. The van der Waals surface area contributed by atoms with Gasteiger partial charge in [-0.15, -0.1) is 5.10 Å². The Kier molecular flexibility index (Phi) is 6.53. The van der Waals surface area contributed by atoms with Crippen LogP contribution in [0.25, 0.3) is 11.5 Å². The molecule has 4 aromatic rings. The first-order valence-corrected chi connectivity index (χ1v) is 12.9. The van der Waals surface area contributed by atoms with Gasteiger partial charge in [0.05, 0.1) is 24.8 Å². The summed E-state index contributed by atoms with van der Waals surface area (Å²) in [5, 5.41) is 10.4. The van der Waals surface area contributed by atoms with Gasteiger partial charge in [0.25, 0.3) is 21.8 Å². The quantitative estimate of drug-likeness (QED) is 0.386. The summed E-state index contributed by atoms with van der Waals surface area (Å²) >= 11 is 0. The van der Waals surface area contributed by atoms with E-state index in [-0.39, 0.29) is 22.4 Å². The van der Waals surface area contributed by atoms with Gasteiger partial charge in [-0.25, -0.2) is 8.42 Å². The number of aromatic nitrogens is 2. The van der Waals surface area contributed by atoms with Crippen LogP contribution in [0, 0.1) is 0 Å². The third kappa shape index (κ3) is 4.60. The minimum atomic E-state index is -3.78. The van der Waals surface area contributed by atoms with E-state index < -0.39 is 15.9 Å². The van der Waals surface area contributed by atoms with Crippen molar-refractivity contribution in [2.75, 3.05) is 30.4 Å². The van der Waals surface area contributed by atoms with Gasteiger partial charge < -0.3 is 13.9 Å². The van der Waals surface area contributed by atoms with Crippen molar-refractivity contribution in [2.24, 2.45) is 0 Å². The number of carbonyl (C=O) groups is 1. The fraction of sp³-hybridized carbons (Fsp3) is 0.192. The normalized spacial score (nSPS) is 13.1. The summed E-state index contributed by atoms with van der Waals surface area (Å²) in [5.41, 5.74) is 2.37. The number of nitrogens with zero attached hydrogens (tertiary/aromatic N) is 3. The second kappa shape index (κ2) is 9.94. The van der Waals surface area contributed by atoms with Crippen LogP contribution in [0.1, 0.15) is 22.3 Å². The molecule has 1 aromatic heterocycles. The van der Waals surface area contributed by atoms with Gasteiger partial charge in [0, 0.05) is 12.1 Å². The molecule has 0 saturated carbocycles. The number of hydrogen-bond acceptors (Lipinski definition) is 8. The van der Waals surface area contributed by atoms with Gasteiger partial charge in [0.2, 0.25) is 0 Å². The lowest BCUT2D eigenvalue weighted by Crippen LogP contribution is -2.35. The number of benzene rings is 3. The molecule has 190 valence electrons. The van der Waals surface area contributed by atoms with Gasteiger partial charge in [0.1, 0.15) is 17.1 Å². The maximum absolute atomic E-state index is 13.3. The Hall–Kier alpha value is -4.38. The second-order valence-corrected chi connectivity index (χ2v) is 10.1. The number of sulfonamides is 1. The van der Waals surface area contributed by atoms with E-state index in [4.69, 9.17) is 13.9 Å². The third-order valence-corrected chi connectivity index (χ3v) is 7.89. The monoisotopic (exact) mass is 520 g/mol. The van der Waals surface area contributed by atoms with Gasteiger partial charge in [0.15, 0.2) is 0 Å². The number of rotatable bonds is 7. The maximum Gasteiger partial charge on any atom is 0.322 e. The van der Waals surface area contributed by atoms with Gasteiger partial charge in [-0.3, -0.25) is 14.4 Å². The Morgan fingerprint density at radius 2 is 1.65 bits per heavy atom. The van der Waals surface area contributed by atoms with Crippen molar-refractivity contribution in [3.05, 3.63) is 77.9 Å². The maximum atomic E-state index is 13.3. The van der Waals surface area contributed by atoms with E-state index in [1.807, 2.05) is 24.3 Å². The smallest absolute Gasteiger partial charge is 0.322 e. The number of fused-ring (bicyclic) bond motifs is 1. The average molecular weight is 521 g/mol. The van der Waals surface area contributed by atoms with Crippen LogP contribution in [0.2, 0.25) is 0 Å². The molecule has 0 saturated heterocycles.